The minimum atomic E-state index is -3.56. The SMILES string of the molecule is Cc1cc(S(=O)(=O)N(C)C)cc(NC(=O)CCCSc2ccc(Cl)cc2)c1C. The van der Waals surface area contributed by atoms with E-state index in [1.807, 2.05) is 38.1 Å². The Labute approximate surface area is 176 Å². The van der Waals surface area contributed by atoms with E-state index < -0.39 is 10.0 Å². The Morgan fingerprint density at radius 2 is 1.79 bits per heavy atom. The normalized spacial score (nSPS) is 11.6. The minimum absolute atomic E-state index is 0.126. The number of carbonyl (C=O) groups excluding carboxylic acids is 1. The van der Waals surface area contributed by atoms with Crippen molar-refractivity contribution in [2.24, 2.45) is 0 Å². The van der Waals surface area contributed by atoms with Crippen molar-refractivity contribution in [3.63, 3.8) is 0 Å². The zero-order valence-corrected chi connectivity index (χ0v) is 18.8. The van der Waals surface area contributed by atoms with Crippen molar-refractivity contribution in [1.29, 1.82) is 0 Å². The van der Waals surface area contributed by atoms with Gasteiger partial charge in [0.25, 0.3) is 0 Å². The highest BCUT2D eigenvalue weighted by Crippen LogP contribution is 2.26. The van der Waals surface area contributed by atoms with Crippen molar-refractivity contribution in [3.05, 3.63) is 52.5 Å². The highest BCUT2D eigenvalue weighted by atomic mass is 35.5. The van der Waals surface area contributed by atoms with E-state index in [9.17, 15) is 13.2 Å². The van der Waals surface area contributed by atoms with Gasteiger partial charge in [0.15, 0.2) is 0 Å². The molecule has 1 N–H and O–H groups in total. The van der Waals surface area contributed by atoms with Crippen LogP contribution in [-0.2, 0) is 14.8 Å². The zero-order chi connectivity index (χ0) is 20.9. The van der Waals surface area contributed by atoms with Crippen molar-refractivity contribution in [1.82, 2.24) is 4.31 Å². The Bertz CT molecular complexity index is 943. The Morgan fingerprint density at radius 1 is 1.14 bits per heavy atom. The molecule has 0 unspecified atom stereocenters. The van der Waals surface area contributed by atoms with E-state index in [1.54, 1.807) is 17.8 Å². The van der Waals surface area contributed by atoms with E-state index >= 15 is 0 Å². The van der Waals surface area contributed by atoms with E-state index in [2.05, 4.69) is 5.32 Å². The molecule has 1 amide bonds. The van der Waals surface area contributed by atoms with Crippen LogP contribution in [0.2, 0.25) is 5.02 Å². The average Bonchev–Trinajstić information content (AvgIpc) is 2.63. The number of benzene rings is 2. The number of amides is 1. The zero-order valence-electron chi connectivity index (χ0n) is 16.5. The fourth-order valence-electron chi connectivity index (χ4n) is 2.48. The number of anilines is 1. The number of hydrogen-bond acceptors (Lipinski definition) is 4. The molecule has 2 rings (SSSR count). The van der Waals surface area contributed by atoms with Crippen molar-refractivity contribution < 1.29 is 13.2 Å². The summed E-state index contributed by atoms with van der Waals surface area (Å²) in [6, 6.07) is 10.7. The van der Waals surface area contributed by atoms with Crippen LogP contribution in [-0.4, -0.2) is 38.5 Å². The number of nitrogens with zero attached hydrogens (tertiary/aromatic N) is 1. The summed E-state index contributed by atoms with van der Waals surface area (Å²) >= 11 is 7.54. The summed E-state index contributed by atoms with van der Waals surface area (Å²) in [5, 5.41) is 3.56. The number of hydrogen-bond donors (Lipinski definition) is 1. The van der Waals surface area contributed by atoms with Crippen molar-refractivity contribution in [2.45, 2.75) is 36.5 Å². The lowest BCUT2D eigenvalue weighted by molar-refractivity contribution is -0.116. The molecule has 8 heteroatoms. The maximum absolute atomic E-state index is 12.4. The van der Waals surface area contributed by atoms with E-state index in [1.165, 1.54) is 20.2 Å². The molecule has 0 spiro atoms. The number of carbonyl (C=O) groups is 1. The number of thioether (sulfide) groups is 1. The van der Waals surface area contributed by atoms with Gasteiger partial charge in [0.1, 0.15) is 0 Å². The summed E-state index contributed by atoms with van der Waals surface area (Å²) in [5.74, 6) is 0.681. The van der Waals surface area contributed by atoms with Crippen molar-refractivity contribution >= 4 is 45.0 Å². The largest absolute Gasteiger partial charge is 0.326 e. The van der Waals surface area contributed by atoms with Crippen LogP contribution in [0, 0.1) is 13.8 Å². The number of sulfonamides is 1. The lowest BCUT2D eigenvalue weighted by Gasteiger charge is -2.16. The summed E-state index contributed by atoms with van der Waals surface area (Å²) in [6.45, 7) is 3.70. The van der Waals surface area contributed by atoms with Crippen LogP contribution in [0.3, 0.4) is 0 Å². The number of aryl methyl sites for hydroxylation is 1. The van der Waals surface area contributed by atoms with Crippen LogP contribution in [0.4, 0.5) is 5.69 Å². The van der Waals surface area contributed by atoms with Gasteiger partial charge in [-0.2, -0.15) is 0 Å². The summed E-state index contributed by atoms with van der Waals surface area (Å²) in [6.07, 6.45) is 1.08. The molecule has 0 saturated heterocycles. The highest BCUT2D eigenvalue weighted by Gasteiger charge is 2.20. The first-order valence-electron chi connectivity index (χ1n) is 8.83. The maximum Gasteiger partial charge on any atom is 0.242 e. The van der Waals surface area contributed by atoms with Crippen LogP contribution in [0.5, 0.6) is 0 Å². The predicted molar refractivity (Wildman–Crippen MR) is 117 cm³/mol. The van der Waals surface area contributed by atoms with Gasteiger partial charge >= 0.3 is 0 Å². The molecule has 0 aliphatic carbocycles. The fraction of sp³-hybridized carbons (Fsp3) is 0.350. The van der Waals surface area contributed by atoms with Crippen LogP contribution in [0.15, 0.2) is 46.2 Å². The summed E-state index contributed by atoms with van der Waals surface area (Å²) in [5.41, 5.74) is 2.22. The minimum Gasteiger partial charge on any atom is -0.326 e. The van der Waals surface area contributed by atoms with Gasteiger partial charge < -0.3 is 5.32 Å². The Morgan fingerprint density at radius 3 is 2.39 bits per heavy atom. The third-order valence-electron chi connectivity index (χ3n) is 4.32. The standard InChI is InChI=1S/C20H25ClN2O3S2/c1-14-12-18(28(25,26)23(3)4)13-19(15(14)2)22-20(24)6-5-11-27-17-9-7-16(21)8-10-17/h7-10,12-13H,5-6,11H2,1-4H3,(H,22,24). The molecular weight excluding hydrogens is 416 g/mol. The molecular formula is C20H25ClN2O3S2. The second kappa shape index (κ2) is 9.78. The second-order valence-electron chi connectivity index (χ2n) is 6.65. The average molecular weight is 441 g/mol. The molecule has 2 aromatic rings. The quantitative estimate of drug-likeness (QED) is 0.476. The summed E-state index contributed by atoms with van der Waals surface area (Å²) in [4.78, 5) is 13.6. The van der Waals surface area contributed by atoms with Crippen LogP contribution in [0.25, 0.3) is 0 Å². The van der Waals surface area contributed by atoms with Gasteiger partial charge in [-0.05, 0) is 73.5 Å². The molecule has 0 aliphatic rings. The monoisotopic (exact) mass is 440 g/mol. The third-order valence-corrected chi connectivity index (χ3v) is 7.47. The molecule has 0 saturated carbocycles. The summed E-state index contributed by atoms with van der Waals surface area (Å²) < 4.78 is 26.0. The first kappa shape index (κ1) is 22.7. The van der Waals surface area contributed by atoms with Crippen LogP contribution < -0.4 is 5.32 Å². The lowest BCUT2D eigenvalue weighted by atomic mass is 10.1. The van der Waals surface area contributed by atoms with Gasteiger partial charge in [0, 0.05) is 36.1 Å². The van der Waals surface area contributed by atoms with Crippen molar-refractivity contribution in [2.75, 3.05) is 25.2 Å². The Kier molecular flexibility index (Phi) is 7.95. The maximum atomic E-state index is 12.4. The van der Waals surface area contributed by atoms with Gasteiger partial charge in [0.2, 0.25) is 15.9 Å². The molecule has 0 aliphatic heterocycles. The molecule has 2 aromatic carbocycles. The molecule has 0 atom stereocenters. The fourth-order valence-corrected chi connectivity index (χ4v) is 4.48. The molecule has 152 valence electrons. The van der Waals surface area contributed by atoms with Crippen molar-refractivity contribution in [3.8, 4) is 0 Å². The topological polar surface area (TPSA) is 66.5 Å². The van der Waals surface area contributed by atoms with E-state index in [0.29, 0.717) is 23.6 Å². The van der Waals surface area contributed by atoms with Crippen LogP contribution in [0.1, 0.15) is 24.0 Å². The molecule has 0 bridgehead atoms. The smallest absolute Gasteiger partial charge is 0.242 e. The first-order valence-corrected chi connectivity index (χ1v) is 11.6. The summed E-state index contributed by atoms with van der Waals surface area (Å²) in [7, 11) is -0.585. The van der Waals surface area contributed by atoms with Gasteiger partial charge in [-0.1, -0.05) is 11.6 Å². The lowest BCUT2D eigenvalue weighted by Crippen LogP contribution is -2.23. The molecule has 5 nitrogen and oxygen atoms in total. The molecule has 0 radical (unpaired) electrons. The number of nitrogens with one attached hydrogen (secondary N) is 1. The molecule has 0 aromatic heterocycles. The number of rotatable bonds is 8. The molecule has 0 heterocycles. The third kappa shape index (κ3) is 5.98. The molecule has 0 fully saturated rings. The van der Waals surface area contributed by atoms with Gasteiger partial charge in [0.05, 0.1) is 4.90 Å². The predicted octanol–water partition coefficient (Wildman–Crippen LogP) is 4.72. The van der Waals surface area contributed by atoms with E-state index in [-0.39, 0.29) is 10.8 Å². The van der Waals surface area contributed by atoms with E-state index in [0.717, 1.165) is 26.1 Å². The van der Waals surface area contributed by atoms with Gasteiger partial charge in [-0.3, -0.25) is 4.79 Å². The van der Waals surface area contributed by atoms with Gasteiger partial charge in [-0.25, -0.2) is 12.7 Å². The van der Waals surface area contributed by atoms with Crippen LogP contribution >= 0.6 is 23.4 Å². The van der Waals surface area contributed by atoms with Gasteiger partial charge in [-0.15, -0.1) is 11.8 Å². The Balaban J connectivity index is 1.97. The highest BCUT2D eigenvalue weighted by molar-refractivity contribution is 7.99. The number of halogens is 1. The second-order valence-corrected chi connectivity index (χ2v) is 10.4. The molecule has 28 heavy (non-hydrogen) atoms. The first-order chi connectivity index (χ1) is 13.1. The Hall–Kier alpha value is -1.54. The van der Waals surface area contributed by atoms with E-state index in [4.69, 9.17) is 11.6 Å².